The summed E-state index contributed by atoms with van der Waals surface area (Å²) in [5, 5.41) is 0. The number of nitrogens with one attached hydrogen (secondary N) is 2. The van der Waals surface area contributed by atoms with Crippen LogP contribution in [0.2, 0.25) is 0 Å². The van der Waals surface area contributed by atoms with E-state index in [-0.39, 0.29) is 0 Å². The van der Waals surface area contributed by atoms with Gasteiger partial charge in [-0.05, 0) is 98.5 Å². The fourth-order valence-corrected chi connectivity index (χ4v) is 8.75. The number of hydrogen-bond acceptors (Lipinski definition) is 6. The minimum absolute atomic E-state index is 0.850. The summed E-state index contributed by atoms with van der Waals surface area (Å²) in [5.41, 5.74) is 19.8. The van der Waals surface area contributed by atoms with E-state index in [9.17, 15) is 0 Å². The van der Waals surface area contributed by atoms with Gasteiger partial charge in [0.05, 0.1) is 22.8 Å². The zero-order valence-corrected chi connectivity index (χ0v) is 34.9. The summed E-state index contributed by atoms with van der Waals surface area (Å²) in [6, 6.07) is 25.6. The lowest BCUT2D eigenvalue weighted by Crippen LogP contribution is -1.97. The molecule has 8 nitrogen and oxygen atoms in total. The Labute approximate surface area is 351 Å². The highest BCUT2D eigenvalue weighted by Crippen LogP contribution is 2.40. The van der Waals surface area contributed by atoms with Gasteiger partial charge in [-0.1, -0.05) is 77.6 Å². The van der Waals surface area contributed by atoms with Gasteiger partial charge in [-0.2, -0.15) is 0 Å². The first-order valence-corrected chi connectivity index (χ1v) is 21.5. The van der Waals surface area contributed by atoms with Gasteiger partial charge in [-0.25, -0.2) is 9.97 Å². The Bertz CT molecular complexity index is 2560. The number of aromatic nitrogens is 8. The maximum absolute atomic E-state index is 5.55. The van der Waals surface area contributed by atoms with E-state index < -0.39 is 0 Å². The summed E-state index contributed by atoms with van der Waals surface area (Å²) >= 11 is 0. The zero-order valence-electron chi connectivity index (χ0n) is 34.9. The van der Waals surface area contributed by atoms with E-state index in [1.165, 1.54) is 0 Å². The molecule has 0 saturated heterocycles. The first-order chi connectivity index (χ1) is 29.6. The Morgan fingerprint density at radius 3 is 0.833 bits per heavy atom. The highest BCUT2D eigenvalue weighted by atomic mass is 14.8. The van der Waals surface area contributed by atoms with Crippen LogP contribution in [0.15, 0.2) is 97.6 Å². The summed E-state index contributed by atoms with van der Waals surface area (Å²) in [4.78, 5) is 38.6. The molecule has 0 spiro atoms. The average Bonchev–Trinajstić information content (AvgIpc) is 4.12. The van der Waals surface area contributed by atoms with Crippen molar-refractivity contribution in [2.75, 3.05) is 0 Å². The van der Waals surface area contributed by atoms with E-state index in [1.807, 2.05) is 49.1 Å². The lowest BCUT2D eigenvalue weighted by Gasteiger charge is -2.11. The highest BCUT2D eigenvalue weighted by Gasteiger charge is 2.22. The standard InChI is InChI=1S/C52H50N8/c1-5-13-37-33(17-9-29-53-37)49-41-21-23-43(57-41)50(34-18-10-30-54-38(34)14-6-2)45-25-27-47(59-45)52(36-20-12-32-56-40(36)16-8-4)48-28-26-46(60-48)51(44-24-22-42(49)58-44)35-19-11-31-55-39(35)15-7-3/h9-12,17-32,57,60H,5-8,13-16H2,1-4H3. The second-order valence-electron chi connectivity index (χ2n) is 15.5. The summed E-state index contributed by atoms with van der Waals surface area (Å²) < 4.78 is 0. The predicted molar refractivity (Wildman–Crippen MR) is 248 cm³/mol. The number of aromatic amines is 2. The first-order valence-electron chi connectivity index (χ1n) is 21.5. The Morgan fingerprint density at radius 2 is 0.600 bits per heavy atom. The lowest BCUT2D eigenvalue weighted by atomic mass is 9.99. The fraction of sp³-hybridized carbons (Fsp3) is 0.231. The number of aryl methyl sites for hydroxylation is 4. The van der Waals surface area contributed by atoms with Crippen LogP contribution in [-0.2, 0) is 25.7 Å². The van der Waals surface area contributed by atoms with Gasteiger partial charge in [0.1, 0.15) is 0 Å². The Hall–Kier alpha value is -6.80. The quantitative estimate of drug-likeness (QED) is 0.128. The molecule has 8 heteroatoms. The van der Waals surface area contributed by atoms with Crippen LogP contribution >= 0.6 is 0 Å². The molecule has 2 aliphatic rings. The van der Waals surface area contributed by atoms with Crippen LogP contribution in [0.4, 0.5) is 0 Å². The molecular formula is C52H50N8. The van der Waals surface area contributed by atoms with Gasteiger partial charge in [0, 0.05) is 114 Å². The molecule has 9 rings (SSSR count). The summed E-state index contributed by atoms with van der Waals surface area (Å²) in [6.45, 7) is 8.81. The molecule has 0 radical (unpaired) electrons. The third-order valence-corrected chi connectivity index (χ3v) is 11.3. The Morgan fingerprint density at radius 1 is 0.350 bits per heavy atom. The van der Waals surface area contributed by atoms with Crippen LogP contribution in [0, 0.1) is 0 Å². The molecule has 0 aromatic carbocycles. The van der Waals surface area contributed by atoms with Crippen LogP contribution in [0.25, 0.3) is 90.9 Å². The van der Waals surface area contributed by atoms with E-state index in [1.54, 1.807) is 0 Å². The van der Waals surface area contributed by atoms with E-state index in [0.29, 0.717) is 0 Å². The Kier molecular flexibility index (Phi) is 11.1. The molecule has 2 aliphatic heterocycles. The van der Waals surface area contributed by atoms with Crippen LogP contribution in [-0.4, -0.2) is 39.9 Å². The van der Waals surface area contributed by atoms with Crippen molar-refractivity contribution in [3.8, 4) is 44.5 Å². The van der Waals surface area contributed by atoms with Crippen LogP contribution < -0.4 is 0 Å². The van der Waals surface area contributed by atoms with Gasteiger partial charge in [0.2, 0.25) is 0 Å². The van der Waals surface area contributed by atoms with Gasteiger partial charge in [-0.3, -0.25) is 19.9 Å². The number of pyridine rings is 4. The molecule has 0 amide bonds. The molecule has 7 aromatic rings. The van der Waals surface area contributed by atoms with Crippen molar-refractivity contribution < 1.29 is 0 Å². The SMILES string of the molecule is CCCc1ncccc1-c1c2nc(c(-c3cccnc3CCC)c3ccc([nH]3)c(-c3cccnc3CCC)c3nc(c(-c4cccnc4CCC)c4ccc1[nH]4)C=C3)C=C2. The van der Waals surface area contributed by atoms with Gasteiger partial charge < -0.3 is 9.97 Å². The van der Waals surface area contributed by atoms with Crippen molar-refractivity contribution in [3.63, 3.8) is 0 Å². The van der Waals surface area contributed by atoms with Gasteiger partial charge >= 0.3 is 0 Å². The summed E-state index contributed by atoms with van der Waals surface area (Å²) in [5.74, 6) is 0. The van der Waals surface area contributed by atoms with Crippen LogP contribution in [0.5, 0.6) is 0 Å². The van der Waals surface area contributed by atoms with Gasteiger partial charge in [0.15, 0.2) is 0 Å². The smallest absolute Gasteiger partial charge is 0.0737 e. The molecule has 0 atom stereocenters. The van der Waals surface area contributed by atoms with Gasteiger partial charge in [0.25, 0.3) is 0 Å². The van der Waals surface area contributed by atoms with E-state index >= 15 is 0 Å². The molecule has 7 aromatic heterocycles. The molecular weight excluding hydrogens is 737 g/mol. The maximum Gasteiger partial charge on any atom is 0.0737 e. The second-order valence-corrected chi connectivity index (χ2v) is 15.5. The highest BCUT2D eigenvalue weighted by molar-refractivity contribution is 6.00. The van der Waals surface area contributed by atoms with Crippen molar-refractivity contribution in [1.29, 1.82) is 0 Å². The number of fused-ring (bicyclic) bond motifs is 8. The van der Waals surface area contributed by atoms with Crippen molar-refractivity contribution in [2.24, 2.45) is 0 Å². The fourth-order valence-electron chi connectivity index (χ4n) is 8.75. The Balaban J connectivity index is 1.49. The van der Waals surface area contributed by atoms with E-state index in [2.05, 4.69) is 110 Å². The molecule has 2 N–H and O–H groups in total. The van der Waals surface area contributed by atoms with Crippen LogP contribution in [0.3, 0.4) is 0 Å². The topological polar surface area (TPSA) is 109 Å². The molecule has 60 heavy (non-hydrogen) atoms. The lowest BCUT2D eigenvalue weighted by molar-refractivity contribution is 0.885. The number of H-pyrrole nitrogens is 2. The molecule has 9 heterocycles. The third kappa shape index (κ3) is 7.27. The zero-order chi connectivity index (χ0) is 41.0. The number of hydrogen-bond donors (Lipinski definition) is 2. The molecule has 298 valence electrons. The van der Waals surface area contributed by atoms with Crippen molar-refractivity contribution in [2.45, 2.75) is 79.1 Å². The average molecular weight is 787 g/mol. The predicted octanol–water partition coefficient (Wildman–Crippen LogP) is 12.7. The summed E-state index contributed by atoms with van der Waals surface area (Å²) in [6.07, 6.45) is 23.5. The van der Waals surface area contributed by atoms with Crippen LogP contribution in [0.1, 0.15) is 98.9 Å². The first kappa shape index (κ1) is 38.7. The normalized spacial score (nSPS) is 12.1. The molecule has 0 unspecified atom stereocenters. The maximum atomic E-state index is 5.55. The van der Waals surface area contributed by atoms with E-state index in [4.69, 9.17) is 29.9 Å². The second kappa shape index (κ2) is 17.2. The molecule has 8 bridgehead atoms. The monoisotopic (exact) mass is 786 g/mol. The molecule has 0 aliphatic carbocycles. The summed E-state index contributed by atoms with van der Waals surface area (Å²) in [7, 11) is 0. The van der Waals surface area contributed by atoms with Gasteiger partial charge in [-0.15, -0.1) is 0 Å². The molecule has 0 saturated carbocycles. The minimum Gasteiger partial charge on any atom is -0.354 e. The van der Waals surface area contributed by atoms with Crippen molar-refractivity contribution in [3.05, 3.63) is 143 Å². The minimum atomic E-state index is 0.850. The largest absolute Gasteiger partial charge is 0.354 e. The van der Waals surface area contributed by atoms with E-state index in [0.717, 1.165) is 163 Å². The number of rotatable bonds is 12. The number of nitrogens with zero attached hydrogens (tertiary/aromatic N) is 6. The van der Waals surface area contributed by atoms with Crippen molar-refractivity contribution >= 4 is 46.4 Å². The molecule has 0 fully saturated rings. The third-order valence-electron chi connectivity index (χ3n) is 11.3. The van der Waals surface area contributed by atoms with Crippen molar-refractivity contribution in [1.82, 2.24) is 39.9 Å².